The summed E-state index contributed by atoms with van der Waals surface area (Å²) in [4.78, 5) is 11.6. The molecular formula is C18H14N2O2. The number of rotatable bonds is 3. The van der Waals surface area contributed by atoms with Gasteiger partial charge in [-0.15, -0.1) is 5.11 Å². The molecule has 0 aliphatic carbocycles. The van der Waals surface area contributed by atoms with E-state index in [4.69, 9.17) is 4.74 Å². The van der Waals surface area contributed by atoms with Crippen LogP contribution in [0.3, 0.4) is 0 Å². The molecule has 3 aromatic rings. The van der Waals surface area contributed by atoms with E-state index in [2.05, 4.69) is 10.2 Å². The van der Waals surface area contributed by atoms with E-state index in [9.17, 15) is 4.79 Å². The molecule has 0 radical (unpaired) electrons. The molecule has 0 aliphatic rings. The summed E-state index contributed by atoms with van der Waals surface area (Å²) in [6.07, 6.45) is -0.697. The Hall–Kier alpha value is -3.01. The Labute approximate surface area is 128 Å². The fourth-order valence-corrected chi connectivity index (χ4v) is 2.09. The van der Waals surface area contributed by atoms with Crippen molar-refractivity contribution in [3.8, 4) is 0 Å². The number of fused-ring (bicyclic) bond motifs is 1. The Morgan fingerprint density at radius 1 is 0.864 bits per heavy atom. The normalized spacial score (nSPS) is 10.9. The van der Waals surface area contributed by atoms with Gasteiger partial charge in [-0.1, -0.05) is 65.8 Å². The molecule has 0 unspecified atom stereocenters. The minimum atomic E-state index is -0.697. The van der Waals surface area contributed by atoms with Gasteiger partial charge in [0.05, 0.1) is 5.69 Å². The van der Waals surface area contributed by atoms with E-state index in [-0.39, 0.29) is 6.61 Å². The average molecular weight is 290 g/mol. The van der Waals surface area contributed by atoms with Crippen molar-refractivity contribution in [1.29, 1.82) is 0 Å². The third-order valence-electron chi connectivity index (χ3n) is 3.19. The van der Waals surface area contributed by atoms with Crippen molar-refractivity contribution in [1.82, 2.24) is 0 Å². The number of ether oxygens (including phenoxy) is 1. The SMILES string of the molecule is O=C(N=Nc1ccc2ccccc2c1)OCc1ccccc1. The monoisotopic (exact) mass is 290 g/mol. The standard InChI is InChI=1S/C18H14N2O2/c21-18(22-13-14-6-2-1-3-7-14)20-19-17-11-10-15-8-4-5-9-16(15)12-17/h1-12H,13H2. The average Bonchev–Trinajstić information content (AvgIpc) is 2.59. The molecule has 0 aliphatic heterocycles. The molecule has 1 amide bonds. The maximum Gasteiger partial charge on any atom is 0.452 e. The molecule has 0 spiro atoms. The van der Waals surface area contributed by atoms with Crippen LogP contribution >= 0.6 is 0 Å². The molecule has 0 saturated heterocycles. The van der Waals surface area contributed by atoms with Crippen molar-refractivity contribution >= 4 is 22.6 Å². The van der Waals surface area contributed by atoms with Crippen LogP contribution in [0, 0.1) is 0 Å². The van der Waals surface area contributed by atoms with Crippen LogP contribution in [0.5, 0.6) is 0 Å². The summed E-state index contributed by atoms with van der Waals surface area (Å²) in [6.45, 7) is 0.191. The zero-order chi connectivity index (χ0) is 15.2. The third-order valence-corrected chi connectivity index (χ3v) is 3.19. The number of nitrogens with zero attached hydrogens (tertiary/aromatic N) is 2. The van der Waals surface area contributed by atoms with Crippen LogP contribution < -0.4 is 0 Å². The predicted octanol–water partition coefficient (Wildman–Crippen LogP) is 5.26. The Morgan fingerprint density at radius 2 is 1.59 bits per heavy atom. The van der Waals surface area contributed by atoms with Crippen molar-refractivity contribution in [2.75, 3.05) is 0 Å². The number of benzene rings is 3. The van der Waals surface area contributed by atoms with Crippen LogP contribution in [0.1, 0.15) is 5.56 Å². The van der Waals surface area contributed by atoms with Gasteiger partial charge in [0, 0.05) is 0 Å². The van der Waals surface area contributed by atoms with E-state index in [1.807, 2.05) is 72.8 Å². The van der Waals surface area contributed by atoms with Crippen LogP contribution in [0.25, 0.3) is 10.8 Å². The lowest BCUT2D eigenvalue weighted by molar-refractivity contribution is 0.149. The van der Waals surface area contributed by atoms with Gasteiger partial charge in [-0.3, -0.25) is 0 Å². The number of amides is 1. The molecule has 108 valence electrons. The van der Waals surface area contributed by atoms with E-state index < -0.39 is 6.09 Å². The van der Waals surface area contributed by atoms with Gasteiger partial charge in [-0.05, 0) is 28.5 Å². The fourth-order valence-electron chi connectivity index (χ4n) is 2.09. The van der Waals surface area contributed by atoms with Crippen molar-refractivity contribution in [2.45, 2.75) is 6.61 Å². The van der Waals surface area contributed by atoms with Gasteiger partial charge in [0.15, 0.2) is 0 Å². The molecular weight excluding hydrogens is 276 g/mol. The molecule has 22 heavy (non-hydrogen) atoms. The van der Waals surface area contributed by atoms with Crippen molar-refractivity contribution in [3.05, 3.63) is 78.4 Å². The van der Waals surface area contributed by atoms with Crippen molar-refractivity contribution in [2.24, 2.45) is 10.2 Å². The van der Waals surface area contributed by atoms with Gasteiger partial charge in [-0.25, -0.2) is 4.79 Å². The first-order valence-corrected chi connectivity index (χ1v) is 6.92. The highest BCUT2D eigenvalue weighted by Gasteiger charge is 2.01. The Balaban J connectivity index is 1.63. The van der Waals surface area contributed by atoms with Gasteiger partial charge >= 0.3 is 6.09 Å². The lowest BCUT2D eigenvalue weighted by Gasteiger charge is -2.00. The third kappa shape index (κ3) is 3.55. The molecule has 0 aromatic heterocycles. The first kappa shape index (κ1) is 13.9. The first-order valence-electron chi connectivity index (χ1n) is 6.92. The summed E-state index contributed by atoms with van der Waals surface area (Å²) < 4.78 is 5.04. The zero-order valence-electron chi connectivity index (χ0n) is 11.8. The molecule has 3 aromatic carbocycles. The van der Waals surface area contributed by atoms with Crippen LogP contribution in [0.15, 0.2) is 83.0 Å². The van der Waals surface area contributed by atoms with E-state index in [1.165, 1.54) is 0 Å². The summed E-state index contributed by atoms with van der Waals surface area (Å²) in [5.74, 6) is 0. The van der Waals surface area contributed by atoms with Gasteiger partial charge in [-0.2, -0.15) is 0 Å². The van der Waals surface area contributed by atoms with Crippen LogP contribution in [0.4, 0.5) is 10.5 Å². The van der Waals surface area contributed by atoms with Gasteiger partial charge in [0.1, 0.15) is 6.61 Å². The van der Waals surface area contributed by atoms with Crippen molar-refractivity contribution in [3.63, 3.8) is 0 Å². The van der Waals surface area contributed by atoms with E-state index in [0.717, 1.165) is 16.3 Å². The predicted molar refractivity (Wildman–Crippen MR) is 85.1 cm³/mol. The number of carbonyl (C=O) groups is 1. The first-order chi connectivity index (χ1) is 10.8. The summed E-state index contributed by atoms with van der Waals surface area (Å²) in [6, 6.07) is 23.0. The number of azo groups is 1. The van der Waals surface area contributed by atoms with Crippen molar-refractivity contribution < 1.29 is 9.53 Å². The number of hydrogen-bond donors (Lipinski definition) is 0. The molecule has 3 rings (SSSR count). The Morgan fingerprint density at radius 3 is 2.41 bits per heavy atom. The summed E-state index contributed by atoms with van der Waals surface area (Å²) in [7, 11) is 0. The van der Waals surface area contributed by atoms with E-state index in [0.29, 0.717) is 5.69 Å². The maximum absolute atomic E-state index is 11.6. The molecule has 0 N–H and O–H groups in total. The largest absolute Gasteiger partial charge is 0.452 e. The molecule has 0 heterocycles. The number of hydrogen-bond acceptors (Lipinski definition) is 3. The van der Waals surface area contributed by atoms with Gasteiger partial charge < -0.3 is 4.74 Å². The smallest absolute Gasteiger partial charge is 0.442 e. The molecule has 0 bridgehead atoms. The molecule has 4 nitrogen and oxygen atoms in total. The highest BCUT2D eigenvalue weighted by molar-refractivity contribution is 5.85. The molecule has 4 heteroatoms. The summed E-state index contributed by atoms with van der Waals surface area (Å²) >= 11 is 0. The van der Waals surface area contributed by atoms with Crippen LogP contribution in [-0.4, -0.2) is 6.09 Å². The highest BCUT2D eigenvalue weighted by Crippen LogP contribution is 2.21. The lowest BCUT2D eigenvalue weighted by atomic mass is 10.1. The van der Waals surface area contributed by atoms with Gasteiger partial charge in [0.25, 0.3) is 0 Å². The molecule has 0 atom stereocenters. The zero-order valence-corrected chi connectivity index (χ0v) is 11.8. The second kappa shape index (κ2) is 6.63. The minimum absolute atomic E-state index is 0.191. The van der Waals surface area contributed by atoms with Crippen LogP contribution in [-0.2, 0) is 11.3 Å². The molecule has 0 saturated carbocycles. The fraction of sp³-hybridized carbons (Fsp3) is 0.0556. The topological polar surface area (TPSA) is 51.0 Å². The highest BCUT2D eigenvalue weighted by atomic mass is 16.5. The second-order valence-electron chi connectivity index (χ2n) is 4.77. The second-order valence-corrected chi connectivity index (χ2v) is 4.77. The maximum atomic E-state index is 11.6. The summed E-state index contributed by atoms with van der Waals surface area (Å²) in [5, 5.41) is 9.67. The molecule has 0 fully saturated rings. The van der Waals surface area contributed by atoms with E-state index in [1.54, 1.807) is 0 Å². The minimum Gasteiger partial charge on any atom is -0.442 e. The Bertz CT molecular complexity index is 813. The van der Waals surface area contributed by atoms with E-state index >= 15 is 0 Å². The number of carbonyl (C=O) groups excluding carboxylic acids is 1. The van der Waals surface area contributed by atoms with Gasteiger partial charge in [0.2, 0.25) is 0 Å². The Kier molecular flexibility index (Phi) is 4.20. The lowest BCUT2D eigenvalue weighted by Crippen LogP contribution is -1.98. The van der Waals surface area contributed by atoms with Crippen LogP contribution in [0.2, 0.25) is 0 Å². The summed E-state index contributed by atoms with van der Waals surface area (Å²) in [5.41, 5.74) is 1.53. The quantitative estimate of drug-likeness (QED) is 0.618.